The van der Waals surface area contributed by atoms with Gasteiger partial charge in [-0.05, 0) is 30.7 Å². The van der Waals surface area contributed by atoms with E-state index in [1.165, 1.54) is 11.8 Å². The van der Waals surface area contributed by atoms with Crippen molar-refractivity contribution in [3.8, 4) is 11.8 Å². The third-order valence-corrected chi connectivity index (χ3v) is 6.19. The van der Waals surface area contributed by atoms with Gasteiger partial charge < -0.3 is 4.57 Å². The minimum atomic E-state index is 0.00314. The Hall–Kier alpha value is -3.08. The summed E-state index contributed by atoms with van der Waals surface area (Å²) in [5.41, 5.74) is 3.45. The Morgan fingerprint density at radius 1 is 1.27 bits per heavy atom. The summed E-state index contributed by atoms with van der Waals surface area (Å²) in [6.45, 7) is 2.50. The molecule has 0 bridgehead atoms. The highest BCUT2D eigenvalue weighted by atomic mass is 35.5. The lowest BCUT2D eigenvalue weighted by Crippen LogP contribution is -2.04. The fourth-order valence-corrected chi connectivity index (χ4v) is 4.25. The number of ketones is 1. The lowest BCUT2D eigenvalue weighted by Gasteiger charge is -2.07. The smallest absolute Gasteiger partial charge is 0.196 e. The standard InChI is InChI=1S/C22H18ClN5OS/c1-15-7-8-16(11-19(15)23)28-14-25-26-22(28)30-13-21(29)18-12-27(10-4-9-24)20-6-3-2-5-17(18)20/h2-3,5-8,11-12,14H,4,10,13H2,1H3. The topological polar surface area (TPSA) is 76.5 Å². The number of nitrogens with zero attached hydrogens (tertiary/aromatic N) is 5. The van der Waals surface area contributed by atoms with Crippen molar-refractivity contribution in [3.63, 3.8) is 0 Å². The number of fused-ring (bicyclic) bond motifs is 1. The van der Waals surface area contributed by atoms with Gasteiger partial charge in [0.1, 0.15) is 6.33 Å². The summed E-state index contributed by atoms with van der Waals surface area (Å²) in [4.78, 5) is 13.0. The Bertz CT molecular complexity index is 1270. The zero-order valence-electron chi connectivity index (χ0n) is 16.2. The van der Waals surface area contributed by atoms with Crippen LogP contribution >= 0.6 is 23.4 Å². The zero-order chi connectivity index (χ0) is 21.1. The molecule has 0 aliphatic rings. The van der Waals surface area contributed by atoms with Gasteiger partial charge in [0.25, 0.3) is 0 Å². The maximum absolute atomic E-state index is 13.0. The summed E-state index contributed by atoms with van der Waals surface area (Å²) in [7, 11) is 0. The summed E-state index contributed by atoms with van der Waals surface area (Å²) in [6, 6.07) is 15.6. The molecule has 0 aliphatic heterocycles. The van der Waals surface area contributed by atoms with E-state index in [0.29, 0.717) is 28.7 Å². The molecule has 4 rings (SSSR count). The van der Waals surface area contributed by atoms with Crippen LogP contribution in [0.3, 0.4) is 0 Å². The van der Waals surface area contributed by atoms with Crippen molar-refractivity contribution in [1.29, 1.82) is 5.26 Å². The van der Waals surface area contributed by atoms with Crippen LogP contribution in [0.5, 0.6) is 0 Å². The molecule has 0 atom stereocenters. The largest absolute Gasteiger partial charge is 0.346 e. The molecule has 0 amide bonds. The van der Waals surface area contributed by atoms with Gasteiger partial charge in [0.2, 0.25) is 0 Å². The van der Waals surface area contributed by atoms with Gasteiger partial charge >= 0.3 is 0 Å². The molecule has 0 saturated carbocycles. The molecule has 2 aromatic carbocycles. The Kier molecular flexibility index (Phi) is 5.88. The number of para-hydroxylation sites is 1. The molecule has 2 heterocycles. The highest BCUT2D eigenvalue weighted by Crippen LogP contribution is 2.27. The van der Waals surface area contributed by atoms with Crippen molar-refractivity contribution in [2.75, 3.05) is 5.75 Å². The van der Waals surface area contributed by atoms with Crippen LogP contribution in [-0.4, -0.2) is 30.9 Å². The number of Topliss-reactive ketones (excluding diaryl/α,β-unsaturated/α-hetero) is 1. The van der Waals surface area contributed by atoms with Crippen LogP contribution in [0.1, 0.15) is 22.3 Å². The molecule has 30 heavy (non-hydrogen) atoms. The maximum Gasteiger partial charge on any atom is 0.196 e. The van der Waals surface area contributed by atoms with Crippen molar-refractivity contribution in [1.82, 2.24) is 19.3 Å². The van der Waals surface area contributed by atoms with Crippen molar-refractivity contribution in [3.05, 3.63) is 71.1 Å². The number of carbonyl (C=O) groups excluding carboxylic acids is 1. The summed E-state index contributed by atoms with van der Waals surface area (Å²) >= 11 is 7.58. The van der Waals surface area contributed by atoms with E-state index in [4.69, 9.17) is 16.9 Å². The summed E-state index contributed by atoms with van der Waals surface area (Å²) < 4.78 is 3.78. The third-order valence-electron chi connectivity index (χ3n) is 4.84. The van der Waals surface area contributed by atoms with E-state index in [1.807, 2.05) is 64.7 Å². The molecular formula is C22H18ClN5OS. The molecule has 0 radical (unpaired) electrons. The molecule has 0 aliphatic carbocycles. The van der Waals surface area contributed by atoms with E-state index < -0.39 is 0 Å². The fraction of sp³-hybridized carbons (Fsp3) is 0.182. The lowest BCUT2D eigenvalue weighted by atomic mass is 10.1. The highest BCUT2D eigenvalue weighted by molar-refractivity contribution is 7.99. The first-order valence-electron chi connectivity index (χ1n) is 9.36. The molecule has 0 saturated heterocycles. The number of carbonyl (C=O) groups is 1. The predicted octanol–water partition coefficient (Wildman–Crippen LogP) is 5.07. The first kappa shape index (κ1) is 20.2. The number of benzene rings is 2. The Morgan fingerprint density at radius 2 is 2.10 bits per heavy atom. The monoisotopic (exact) mass is 435 g/mol. The number of aromatic nitrogens is 4. The highest BCUT2D eigenvalue weighted by Gasteiger charge is 2.17. The first-order chi connectivity index (χ1) is 14.6. The number of halogens is 1. The number of hydrogen-bond donors (Lipinski definition) is 0. The van der Waals surface area contributed by atoms with E-state index >= 15 is 0 Å². The first-order valence-corrected chi connectivity index (χ1v) is 10.7. The van der Waals surface area contributed by atoms with Crippen molar-refractivity contribution in [2.45, 2.75) is 25.0 Å². The van der Waals surface area contributed by atoms with Crippen molar-refractivity contribution in [2.24, 2.45) is 0 Å². The maximum atomic E-state index is 13.0. The van der Waals surface area contributed by atoms with Crippen LogP contribution in [-0.2, 0) is 6.54 Å². The van der Waals surface area contributed by atoms with Crippen LogP contribution < -0.4 is 0 Å². The second kappa shape index (κ2) is 8.74. The lowest BCUT2D eigenvalue weighted by molar-refractivity contribution is 0.102. The molecule has 0 N–H and O–H groups in total. The normalized spacial score (nSPS) is 11.0. The van der Waals surface area contributed by atoms with Gasteiger partial charge in [-0.2, -0.15) is 5.26 Å². The molecule has 150 valence electrons. The van der Waals surface area contributed by atoms with Crippen LogP contribution in [0.15, 0.2) is 60.1 Å². The summed E-state index contributed by atoms with van der Waals surface area (Å²) in [6.07, 6.45) is 3.85. The average Bonchev–Trinajstić information content (AvgIpc) is 3.37. The van der Waals surface area contributed by atoms with Crippen molar-refractivity contribution >= 4 is 40.0 Å². The van der Waals surface area contributed by atoms with E-state index in [1.54, 1.807) is 6.33 Å². The predicted molar refractivity (Wildman–Crippen MR) is 118 cm³/mol. The number of thioether (sulfide) groups is 1. The molecule has 2 aromatic heterocycles. The molecule has 8 heteroatoms. The van der Waals surface area contributed by atoms with E-state index in [9.17, 15) is 4.79 Å². The third kappa shape index (κ3) is 3.97. The molecule has 6 nitrogen and oxygen atoms in total. The molecule has 0 spiro atoms. The van der Waals surface area contributed by atoms with Gasteiger partial charge in [-0.3, -0.25) is 9.36 Å². The summed E-state index contributed by atoms with van der Waals surface area (Å²) in [5.74, 6) is 0.230. The second-order valence-corrected chi connectivity index (χ2v) is 8.14. The molecule has 4 aromatic rings. The van der Waals surface area contributed by atoms with Crippen LogP contribution in [0.2, 0.25) is 5.02 Å². The SMILES string of the molecule is Cc1ccc(-n2cnnc2SCC(=O)c2cn(CCC#N)c3ccccc23)cc1Cl. The molecule has 0 unspecified atom stereocenters. The van der Waals surface area contributed by atoms with Crippen molar-refractivity contribution < 1.29 is 4.79 Å². The molecular weight excluding hydrogens is 418 g/mol. The zero-order valence-corrected chi connectivity index (χ0v) is 17.8. The van der Waals surface area contributed by atoms with E-state index in [2.05, 4.69) is 16.3 Å². The van der Waals surface area contributed by atoms with Gasteiger partial charge in [0, 0.05) is 34.2 Å². The van der Waals surface area contributed by atoms with Gasteiger partial charge in [-0.15, -0.1) is 10.2 Å². The fourth-order valence-electron chi connectivity index (χ4n) is 3.26. The van der Waals surface area contributed by atoms with Gasteiger partial charge in [-0.1, -0.05) is 47.6 Å². The number of nitriles is 1. The number of aryl methyl sites for hydroxylation is 2. The quantitative estimate of drug-likeness (QED) is 0.299. The Morgan fingerprint density at radius 3 is 2.90 bits per heavy atom. The molecule has 0 fully saturated rings. The van der Waals surface area contributed by atoms with Crippen LogP contribution in [0.4, 0.5) is 0 Å². The van der Waals surface area contributed by atoms with Gasteiger partial charge in [0.15, 0.2) is 10.9 Å². The van der Waals surface area contributed by atoms with Gasteiger partial charge in [-0.25, -0.2) is 0 Å². The van der Waals surface area contributed by atoms with E-state index in [-0.39, 0.29) is 11.5 Å². The Balaban J connectivity index is 1.56. The minimum Gasteiger partial charge on any atom is -0.346 e. The second-order valence-electron chi connectivity index (χ2n) is 6.79. The van der Waals surface area contributed by atoms with Crippen LogP contribution in [0, 0.1) is 18.3 Å². The average molecular weight is 436 g/mol. The Labute approximate surface area is 183 Å². The summed E-state index contributed by atoms with van der Waals surface area (Å²) in [5, 5.41) is 19.2. The van der Waals surface area contributed by atoms with Crippen LogP contribution in [0.25, 0.3) is 16.6 Å². The number of hydrogen-bond acceptors (Lipinski definition) is 5. The number of rotatable bonds is 7. The minimum absolute atomic E-state index is 0.00314. The van der Waals surface area contributed by atoms with Gasteiger partial charge in [0.05, 0.1) is 23.9 Å². The van der Waals surface area contributed by atoms with E-state index in [0.717, 1.165) is 22.2 Å².